The zero-order valence-corrected chi connectivity index (χ0v) is 13.3. The fraction of sp³-hybridized carbons (Fsp3) is 0.400. The molecule has 0 aliphatic rings. The molecule has 6 heteroatoms. The van der Waals surface area contributed by atoms with Gasteiger partial charge in [0.25, 0.3) is 5.91 Å². The van der Waals surface area contributed by atoms with E-state index in [4.69, 9.17) is 5.73 Å². The molecular weight excluding hydrogens is 288 g/mol. The van der Waals surface area contributed by atoms with E-state index in [9.17, 15) is 13.2 Å². The molecule has 3 N–H and O–H groups in total. The summed E-state index contributed by atoms with van der Waals surface area (Å²) in [5, 5.41) is 2.66. The van der Waals surface area contributed by atoms with E-state index < -0.39 is 15.9 Å². The molecule has 1 aromatic carbocycles. The Bertz CT molecular complexity index is 685. The number of carbonyl (C=O) groups is 1. The van der Waals surface area contributed by atoms with Crippen LogP contribution in [0.1, 0.15) is 28.4 Å². The SMILES string of the molecule is Cc1ccc(C(=O)NC(C)CS(C)(=O)=O)cc1C#CCN. The van der Waals surface area contributed by atoms with Crippen molar-refractivity contribution in [2.24, 2.45) is 5.73 Å². The monoisotopic (exact) mass is 308 g/mol. The number of rotatable bonds is 4. The van der Waals surface area contributed by atoms with Gasteiger partial charge in [0.15, 0.2) is 0 Å². The van der Waals surface area contributed by atoms with E-state index >= 15 is 0 Å². The fourth-order valence-corrected chi connectivity index (χ4v) is 2.84. The minimum atomic E-state index is -3.13. The molecule has 0 aliphatic carbocycles. The van der Waals surface area contributed by atoms with Gasteiger partial charge in [0.1, 0.15) is 9.84 Å². The van der Waals surface area contributed by atoms with Crippen molar-refractivity contribution >= 4 is 15.7 Å². The molecule has 0 bridgehead atoms. The van der Waals surface area contributed by atoms with E-state index in [-0.39, 0.29) is 18.2 Å². The minimum Gasteiger partial charge on any atom is -0.349 e. The number of nitrogens with one attached hydrogen (secondary N) is 1. The first-order valence-electron chi connectivity index (χ1n) is 6.51. The standard InChI is InChI=1S/C15H20N2O3S/c1-11-6-7-14(9-13(11)5-4-8-16)15(18)17-12(2)10-21(3,19)20/h6-7,9,12H,8,10,16H2,1-3H3,(H,17,18). The Morgan fingerprint density at radius 2 is 2.10 bits per heavy atom. The molecule has 5 nitrogen and oxygen atoms in total. The second-order valence-electron chi connectivity index (χ2n) is 5.00. The van der Waals surface area contributed by atoms with Crippen molar-refractivity contribution in [3.8, 4) is 11.8 Å². The average molecular weight is 308 g/mol. The molecule has 1 unspecified atom stereocenters. The molecular formula is C15H20N2O3S. The van der Waals surface area contributed by atoms with E-state index in [2.05, 4.69) is 17.2 Å². The van der Waals surface area contributed by atoms with Gasteiger partial charge in [-0.25, -0.2) is 8.42 Å². The highest BCUT2D eigenvalue weighted by atomic mass is 32.2. The molecule has 114 valence electrons. The maximum Gasteiger partial charge on any atom is 0.251 e. The summed E-state index contributed by atoms with van der Waals surface area (Å²) >= 11 is 0. The number of carbonyl (C=O) groups excluding carboxylic acids is 1. The number of nitrogens with two attached hydrogens (primary N) is 1. The second-order valence-corrected chi connectivity index (χ2v) is 7.19. The van der Waals surface area contributed by atoms with Crippen LogP contribution in [-0.4, -0.2) is 38.9 Å². The summed E-state index contributed by atoms with van der Waals surface area (Å²) in [7, 11) is -3.13. The summed E-state index contributed by atoms with van der Waals surface area (Å²) in [5.41, 5.74) is 7.48. The Hall–Kier alpha value is -1.84. The molecule has 1 atom stereocenters. The highest BCUT2D eigenvalue weighted by molar-refractivity contribution is 7.90. The number of sulfone groups is 1. The second kappa shape index (κ2) is 7.25. The summed E-state index contributed by atoms with van der Waals surface area (Å²) in [4.78, 5) is 12.1. The van der Waals surface area contributed by atoms with Gasteiger partial charge in [-0.2, -0.15) is 0 Å². The van der Waals surface area contributed by atoms with E-state index in [1.165, 1.54) is 0 Å². The van der Waals surface area contributed by atoms with Gasteiger partial charge in [-0.15, -0.1) is 0 Å². The summed E-state index contributed by atoms with van der Waals surface area (Å²) in [6, 6.07) is 4.72. The van der Waals surface area contributed by atoms with Crippen molar-refractivity contribution in [2.75, 3.05) is 18.6 Å². The van der Waals surface area contributed by atoms with Crippen LogP contribution >= 0.6 is 0 Å². The van der Waals surface area contributed by atoms with Gasteiger partial charge in [0.2, 0.25) is 0 Å². The van der Waals surface area contributed by atoms with Gasteiger partial charge in [0, 0.05) is 23.4 Å². The first-order chi connectivity index (χ1) is 9.73. The Kier molecular flexibility index (Phi) is 5.94. The lowest BCUT2D eigenvalue weighted by molar-refractivity contribution is 0.0943. The zero-order chi connectivity index (χ0) is 16.0. The van der Waals surface area contributed by atoms with Crippen LogP contribution in [-0.2, 0) is 9.84 Å². The van der Waals surface area contributed by atoms with E-state index in [0.717, 1.165) is 17.4 Å². The van der Waals surface area contributed by atoms with Gasteiger partial charge < -0.3 is 11.1 Å². The molecule has 1 amide bonds. The highest BCUT2D eigenvalue weighted by Crippen LogP contribution is 2.10. The van der Waals surface area contributed by atoms with Gasteiger partial charge in [0.05, 0.1) is 12.3 Å². The summed E-state index contributed by atoms with van der Waals surface area (Å²) < 4.78 is 22.4. The van der Waals surface area contributed by atoms with Crippen LogP contribution in [0.4, 0.5) is 0 Å². The Labute approximate surface area is 125 Å². The van der Waals surface area contributed by atoms with Crippen LogP contribution in [0.25, 0.3) is 0 Å². The predicted molar refractivity (Wildman–Crippen MR) is 83.8 cm³/mol. The zero-order valence-electron chi connectivity index (χ0n) is 12.4. The predicted octanol–water partition coefficient (Wildman–Crippen LogP) is 0.468. The van der Waals surface area contributed by atoms with Crippen LogP contribution in [0, 0.1) is 18.8 Å². The lowest BCUT2D eigenvalue weighted by Gasteiger charge is -2.13. The molecule has 0 fully saturated rings. The number of aryl methyl sites for hydroxylation is 1. The molecule has 0 spiro atoms. The Balaban J connectivity index is 2.88. The first kappa shape index (κ1) is 17.2. The lowest BCUT2D eigenvalue weighted by Crippen LogP contribution is -2.37. The fourth-order valence-electron chi connectivity index (χ4n) is 1.85. The van der Waals surface area contributed by atoms with Gasteiger partial charge >= 0.3 is 0 Å². The van der Waals surface area contributed by atoms with Crippen LogP contribution in [0.15, 0.2) is 18.2 Å². The van der Waals surface area contributed by atoms with Crippen molar-refractivity contribution in [1.82, 2.24) is 5.32 Å². The molecule has 0 saturated heterocycles. The maximum absolute atomic E-state index is 12.1. The van der Waals surface area contributed by atoms with Crippen LogP contribution in [0.3, 0.4) is 0 Å². The largest absolute Gasteiger partial charge is 0.349 e. The maximum atomic E-state index is 12.1. The quantitative estimate of drug-likeness (QED) is 0.791. The molecule has 0 heterocycles. The third-order valence-electron chi connectivity index (χ3n) is 2.76. The first-order valence-corrected chi connectivity index (χ1v) is 8.57. The summed E-state index contributed by atoms with van der Waals surface area (Å²) in [5.74, 6) is 5.25. The smallest absolute Gasteiger partial charge is 0.251 e. The highest BCUT2D eigenvalue weighted by Gasteiger charge is 2.14. The number of hydrogen-bond acceptors (Lipinski definition) is 4. The molecule has 0 radical (unpaired) electrons. The number of amides is 1. The number of hydrogen-bond donors (Lipinski definition) is 2. The molecule has 0 saturated carbocycles. The van der Waals surface area contributed by atoms with E-state index in [0.29, 0.717) is 5.56 Å². The molecule has 0 aliphatic heterocycles. The average Bonchev–Trinajstić information content (AvgIpc) is 2.35. The third kappa shape index (κ3) is 5.98. The summed E-state index contributed by atoms with van der Waals surface area (Å²) in [6.07, 6.45) is 1.14. The van der Waals surface area contributed by atoms with Crippen LogP contribution in [0.2, 0.25) is 0 Å². The molecule has 0 aromatic heterocycles. The lowest BCUT2D eigenvalue weighted by atomic mass is 10.0. The van der Waals surface area contributed by atoms with Crippen molar-refractivity contribution in [2.45, 2.75) is 19.9 Å². The molecule has 21 heavy (non-hydrogen) atoms. The van der Waals surface area contributed by atoms with Crippen molar-refractivity contribution in [1.29, 1.82) is 0 Å². The van der Waals surface area contributed by atoms with E-state index in [1.807, 2.05) is 6.92 Å². The van der Waals surface area contributed by atoms with Crippen molar-refractivity contribution in [3.05, 3.63) is 34.9 Å². The third-order valence-corrected chi connectivity index (χ3v) is 3.86. The normalized spacial score (nSPS) is 12.2. The Morgan fingerprint density at radius 3 is 2.67 bits per heavy atom. The van der Waals surface area contributed by atoms with Crippen LogP contribution < -0.4 is 11.1 Å². The number of benzene rings is 1. The van der Waals surface area contributed by atoms with E-state index in [1.54, 1.807) is 25.1 Å². The van der Waals surface area contributed by atoms with Gasteiger partial charge in [-0.05, 0) is 31.5 Å². The van der Waals surface area contributed by atoms with Gasteiger partial charge in [-0.1, -0.05) is 17.9 Å². The van der Waals surface area contributed by atoms with Crippen molar-refractivity contribution in [3.63, 3.8) is 0 Å². The van der Waals surface area contributed by atoms with Crippen molar-refractivity contribution < 1.29 is 13.2 Å². The van der Waals surface area contributed by atoms with Gasteiger partial charge in [-0.3, -0.25) is 4.79 Å². The summed E-state index contributed by atoms with van der Waals surface area (Å²) in [6.45, 7) is 3.80. The van der Waals surface area contributed by atoms with Crippen LogP contribution in [0.5, 0.6) is 0 Å². The minimum absolute atomic E-state index is 0.0928. The molecule has 1 aromatic rings. The topological polar surface area (TPSA) is 89.3 Å². The Morgan fingerprint density at radius 1 is 1.43 bits per heavy atom. The molecule has 1 rings (SSSR count).